The minimum Gasteiger partial charge on any atom is -0.325 e. The molecule has 1 amide bonds. The number of carbonyl (C=O) groups excluding carboxylic acids is 1. The number of aryl methyl sites for hydroxylation is 2. The van der Waals surface area contributed by atoms with Crippen LogP contribution in [0.5, 0.6) is 0 Å². The lowest BCUT2D eigenvalue weighted by atomic mass is 10.3. The molecule has 3 rings (SSSR count). The molecule has 0 aliphatic carbocycles. The van der Waals surface area contributed by atoms with Crippen LogP contribution in [-0.4, -0.2) is 34.4 Å². The zero-order chi connectivity index (χ0) is 19.7. The van der Waals surface area contributed by atoms with E-state index >= 15 is 0 Å². The first-order chi connectivity index (χ1) is 12.8. The van der Waals surface area contributed by atoms with Gasteiger partial charge >= 0.3 is 5.69 Å². The number of hydrogen-bond acceptors (Lipinski definition) is 5. The van der Waals surface area contributed by atoms with Crippen molar-refractivity contribution in [3.63, 3.8) is 0 Å². The van der Waals surface area contributed by atoms with Crippen LogP contribution >= 0.6 is 0 Å². The monoisotopic (exact) mass is 373 g/mol. The molecule has 10 nitrogen and oxygen atoms in total. The average molecular weight is 373 g/mol. The van der Waals surface area contributed by atoms with E-state index < -0.39 is 11.2 Å². The summed E-state index contributed by atoms with van der Waals surface area (Å²) < 4.78 is 5.82. The van der Waals surface area contributed by atoms with Crippen LogP contribution in [0.3, 0.4) is 0 Å². The van der Waals surface area contributed by atoms with Crippen molar-refractivity contribution in [2.45, 2.75) is 39.3 Å². The van der Waals surface area contributed by atoms with E-state index in [1.807, 2.05) is 13.8 Å². The van der Waals surface area contributed by atoms with Crippen molar-refractivity contribution in [1.29, 1.82) is 0 Å². The maximum atomic E-state index is 12.4. The number of imidazole rings is 1. The number of aromatic nitrogens is 6. The average Bonchev–Trinajstić information content (AvgIpc) is 3.25. The molecule has 0 saturated heterocycles. The van der Waals surface area contributed by atoms with Gasteiger partial charge in [0.25, 0.3) is 5.56 Å². The Kier molecular flexibility index (Phi) is 4.98. The fraction of sp³-hybridized carbons (Fsp3) is 0.471. The van der Waals surface area contributed by atoms with Gasteiger partial charge in [0.1, 0.15) is 5.82 Å². The maximum absolute atomic E-state index is 12.4. The van der Waals surface area contributed by atoms with E-state index in [2.05, 4.69) is 15.4 Å². The molecule has 0 radical (unpaired) electrons. The number of fused-ring (bicyclic) bond motifs is 1. The molecule has 27 heavy (non-hydrogen) atoms. The predicted octanol–water partition coefficient (Wildman–Crippen LogP) is 0.630. The molecule has 144 valence electrons. The Hall–Kier alpha value is -3.17. The lowest BCUT2D eigenvalue weighted by molar-refractivity contribution is -0.116. The van der Waals surface area contributed by atoms with Crippen LogP contribution in [0.1, 0.15) is 32.7 Å². The Bertz CT molecular complexity index is 1100. The molecule has 0 bridgehead atoms. The molecular weight excluding hydrogens is 350 g/mol. The number of rotatable bonds is 6. The maximum Gasteiger partial charge on any atom is 0.332 e. The molecule has 0 aliphatic heterocycles. The summed E-state index contributed by atoms with van der Waals surface area (Å²) in [6.07, 6.45) is 3.98. The highest BCUT2D eigenvalue weighted by atomic mass is 16.2. The minimum atomic E-state index is -0.418. The third-order valence-corrected chi connectivity index (χ3v) is 4.45. The minimum absolute atomic E-state index is 0.123. The van der Waals surface area contributed by atoms with Gasteiger partial charge in [-0.15, -0.1) is 0 Å². The molecule has 0 fully saturated rings. The van der Waals surface area contributed by atoms with Gasteiger partial charge in [-0.1, -0.05) is 0 Å². The normalized spacial score (nSPS) is 11.4. The SMILES string of the molecule is CC(C)n1nccc1NC(=O)CCCn1cnc2c1c(=O)n(C)c(=O)n2C. The zero-order valence-corrected chi connectivity index (χ0v) is 15.8. The molecule has 3 heterocycles. The van der Waals surface area contributed by atoms with E-state index in [0.29, 0.717) is 29.9 Å². The number of nitrogens with zero attached hydrogens (tertiary/aromatic N) is 6. The van der Waals surface area contributed by atoms with E-state index in [-0.39, 0.29) is 18.4 Å². The summed E-state index contributed by atoms with van der Waals surface area (Å²) in [6, 6.07) is 1.90. The number of amides is 1. The molecule has 0 unspecified atom stereocenters. The van der Waals surface area contributed by atoms with Crippen LogP contribution in [0.4, 0.5) is 5.82 Å². The van der Waals surface area contributed by atoms with Gasteiger partial charge in [0.2, 0.25) is 5.91 Å². The summed E-state index contributed by atoms with van der Waals surface area (Å²) in [5.74, 6) is 0.536. The second-order valence-corrected chi connectivity index (χ2v) is 6.72. The molecule has 3 aromatic rings. The number of carbonyl (C=O) groups is 1. The van der Waals surface area contributed by atoms with Crippen molar-refractivity contribution in [1.82, 2.24) is 28.5 Å². The molecular formula is C17H23N7O3. The Labute approximate surface area is 155 Å². The smallest absolute Gasteiger partial charge is 0.325 e. The van der Waals surface area contributed by atoms with E-state index in [1.165, 1.54) is 17.9 Å². The fourth-order valence-corrected chi connectivity index (χ4v) is 3.01. The van der Waals surface area contributed by atoms with Crippen LogP contribution < -0.4 is 16.6 Å². The molecule has 0 saturated carbocycles. The quantitative estimate of drug-likeness (QED) is 0.682. The topological polar surface area (TPSA) is 109 Å². The summed E-state index contributed by atoms with van der Waals surface area (Å²) in [5.41, 5.74) is -0.110. The van der Waals surface area contributed by atoms with Gasteiger partial charge in [-0.2, -0.15) is 5.10 Å². The predicted molar refractivity (Wildman–Crippen MR) is 101 cm³/mol. The highest BCUT2D eigenvalue weighted by Crippen LogP contribution is 2.14. The molecule has 0 atom stereocenters. The van der Waals surface area contributed by atoms with E-state index in [1.54, 1.807) is 28.6 Å². The molecule has 0 spiro atoms. The molecule has 0 aromatic carbocycles. The van der Waals surface area contributed by atoms with Gasteiger partial charge in [-0.25, -0.2) is 14.5 Å². The summed E-state index contributed by atoms with van der Waals surface area (Å²) in [4.78, 5) is 40.7. The van der Waals surface area contributed by atoms with Crippen molar-refractivity contribution in [3.8, 4) is 0 Å². The second-order valence-electron chi connectivity index (χ2n) is 6.72. The highest BCUT2D eigenvalue weighted by molar-refractivity contribution is 5.89. The van der Waals surface area contributed by atoms with Crippen LogP contribution in [0.2, 0.25) is 0 Å². The number of hydrogen-bond donors (Lipinski definition) is 1. The van der Waals surface area contributed by atoms with Crippen LogP contribution in [-0.2, 0) is 25.4 Å². The Morgan fingerprint density at radius 1 is 1.22 bits per heavy atom. The van der Waals surface area contributed by atoms with Gasteiger partial charge in [-0.3, -0.25) is 18.7 Å². The van der Waals surface area contributed by atoms with Gasteiger partial charge in [-0.05, 0) is 20.3 Å². The number of nitrogens with one attached hydrogen (secondary N) is 1. The first-order valence-electron chi connectivity index (χ1n) is 8.75. The zero-order valence-electron chi connectivity index (χ0n) is 15.8. The Morgan fingerprint density at radius 3 is 2.67 bits per heavy atom. The van der Waals surface area contributed by atoms with Crippen LogP contribution in [0, 0.1) is 0 Å². The van der Waals surface area contributed by atoms with Gasteiger partial charge < -0.3 is 9.88 Å². The number of anilines is 1. The molecule has 3 aromatic heterocycles. The third-order valence-electron chi connectivity index (χ3n) is 4.45. The van der Waals surface area contributed by atoms with Crippen LogP contribution in [0.15, 0.2) is 28.2 Å². The van der Waals surface area contributed by atoms with Crippen molar-refractivity contribution >= 4 is 22.9 Å². The lowest BCUT2D eigenvalue weighted by Crippen LogP contribution is -2.37. The Balaban J connectivity index is 1.69. The fourth-order valence-electron chi connectivity index (χ4n) is 3.01. The van der Waals surface area contributed by atoms with E-state index in [0.717, 1.165) is 4.57 Å². The largest absolute Gasteiger partial charge is 0.332 e. The molecule has 0 aliphatic rings. The van der Waals surface area contributed by atoms with E-state index in [4.69, 9.17) is 0 Å². The van der Waals surface area contributed by atoms with Gasteiger partial charge in [0.15, 0.2) is 11.2 Å². The van der Waals surface area contributed by atoms with Crippen molar-refractivity contribution < 1.29 is 4.79 Å². The lowest BCUT2D eigenvalue weighted by Gasteiger charge is -2.12. The third kappa shape index (κ3) is 3.42. The van der Waals surface area contributed by atoms with Crippen LogP contribution in [0.25, 0.3) is 11.2 Å². The first-order valence-corrected chi connectivity index (χ1v) is 8.75. The molecule has 1 N–H and O–H groups in total. The standard InChI is InChI=1S/C17H23N7O3/c1-11(2)24-12(7-8-19-24)20-13(25)6-5-9-23-10-18-15-14(23)16(26)22(4)17(27)21(15)3/h7-8,10-11H,5-6,9H2,1-4H3,(H,20,25). The van der Waals surface area contributed by atoms with Crippen molar-refractivity contribution in [3.05, 3.63) is 39.4 Å². The van der Waals surface area contributed by atoms with Crippen molar-refractivity contribution in [2.24, 2.45) is 14.1 Å². The highest BCUT2D eigenvalue weighted by Gasteiger charge is 2.15. The van der Waals surface area contributed by atoms with Gasteiger partial charge in [0.05, 0.1) is 12.5 Å². The summed E-state index contributed by atoms with van der Waals surface area (Å²) in [5, 5.41) is 7.03. The summed E-state index contributed by atoms with van der Waals surface area (Å²) in [6.45, 7) is 4.42. The van der Waals surface area contributed by atoms with Gasteiger partial charge in [0, 0.05) is 39.2 Å². The van der Waals surface area contributed by atoms with E-state index in [9.17, 15) is 14.4 Å². The second kappa shape index (κ2) is 7.22. The summed E-state index contributed by atoms with van der Waals surface area (Å²) in [7, 11) is 3.01. The summed E-state index contributed by atoms with van der Waals surface area (Å²) >= 11 is 0. The van der Waals surface area contributed by atoms with Crippen molar-refractivity contribution in [2.75, 3.05) is 5.32 Å². The first kappa shape index (κ1) is 18.6. The Morgan fingerprint density at radius 2 is 1.96 bits per heavy atom. The molecule has 10 heteroatoms.